The fraction of sp³-hybridized carbons (Fsp3) is 0.455. The molecule has 1 N–H and O–H groups in total. The molecule has 13 heavy (non-hydrogen) atoms. The maximum atomic E-state index is 9.58. The minimum absolute atomic E-state index is 0.298. The van der Waals surface area contributed by atoms with Crippen molar-refractivity contribution in [3.8, 4) is 5.75 Å². The number of aryl methyl sites for hydroxylation is 1. The van der Waals surface area contributed by atoms with E-state index in [2.05, 4.69) is 39.5 Å². The van der Waals surface area contributed by atoms with E-state index in [0.717, 1.165) is 12.0 Å². The van der Waals surface area contributed by atoms with Gasteiger partial charge in [-0.1, -0.05) is 26.8 Å². The van der Waals surface area contributed by atoms with Crippen LogP contribution in [0.1, 0.15) is 37.8 Å². The van der Waals surface area contributed by atoms with Crippen LogP contribution >= 0.6 is 12.6 Å². The van der Waals surface area contributed by atoms with Gasteiger partial charge in [0.05, 0.1) is 0 Å². The van der Waals surface area contributed by atoms with E-state index in [9.17, 15) is 5.11 Å². The summed E-state index contributed by atoms with van der Waals surface area (Å²) in [5.41, 5.74) is 2.29. The van der Waals surface area contributed by atoms with Crippen LogP contribution in [-0.2, 0) is 6.42 Å². The first-order valence-electron chi connectivity index (χ1n) is 4.61. The van der Waals surface area contributed by atoms with Crippen molar-refractivity contribution in [2.75, 3.05) is 0 Å². The SMILES string of the molecule is CCc1cc(C(C)C)cc(O)c1S. The molecular formula is C11H16OS. The molecule has 0 unspecified atom stereocenters. The normalized spacial score (nSPS) is 10.8. The average Bonchev–Trinajstić information content (AvgIpc) is 2.09. The minimum atomic E-state index is 0.298. The van der Waals surface area contributed by atoms with E-state index in [-0.39, 0.29) is 0 Å². The van der Waals surface area contributed by atoms with Crippen molar-refractivity contribution in [1.82, 2.24) is 0 Å². The van der Waals surface area contributed by atoms with Crippen LogP contribution in [0.4, 0.5) is 0 Å². The molecule has 0 aliphatic heterocycles. The molecule has 0 aliphatic carbocycles. The lowest BCUT2D eigenvalue weighted by Gasteiger charge is -2.11. The van der Waals surface area contributed by atoms with Gasteiger partial charge in [0.25, 0.3) is 0 Å². The number of rotatable bonds is 2. The van der Waals surface area contributed by atoms with E-state index in [1.54, 1.807) is 6.07 Å². The number of hydrogen-bond acceptors (Lipinski definition) is 2. The zero-order chi connectivity index (χ0) is 10.0. The van der Waals surface area contributed by atoms with Crippen LogP contribution in [0.25, 0.3) is 0 Å². The molecule has 72 valence electrons. The zero-order valence-corrected chi connectivity index (χ0v) is 9.23. The van der Waals surface area contributed by atoms with E-state index in [1.165, 1.54) is 5.56 Å². The number of hydrogen-bond donors (Lipinski definition) is 2. The molecular weight excluding hydrogens is 180 g/mol. The van der Waals surface area contributed by atoms with Crippen LogP contribution in [0.3, 0.4) is 0 Å². The molecule has 1 rings (SSSR count). The van der Waals surface area contributed by atoms with Crippen LogP contribution in [0.5, 0.6) is 5.75 Å². The smallest absolute Gasteiger partial charge is 0.129 e. The Bertz CT molecular complexity index is 305. The maximum Gasteiger partial charge on any atom is 0.129 e. The third kappa shape index (κ3) is 2.19. The number of phenols is 1. The van der Waals surface area contributed by atoms with Crippen LogP contribution < -0.4 is 0 Å². The first-order chi connectivity index (χ1) is 6.06. The predicted molar refractivity (Wildman–Crippen MR) is 58.8 cm³/mol. The summed E-state index contributed by atoms with van der Waals surface area (Å²) in [4.78, 5) is 0.715. The molecule has 0 bridgehead atoms. The standard InChI is InChI=1S/C11H16OS/c1-4-8-5-9(7(2)3)6-10(12)11(8)13/h5-7,12-13H,4H2,1-3H3. The first-order valence-corrected chi connectivity index (χ1v) is 5.05. The van der Waals surface area contributed by atoms with Gasteiger partial charge >= 0.3 is 0 Å². The Morgan fingerprint density at radius 1 is 1.38 bits per heavy atom. The van der Waals surface area contributed by atoms with Crippen molar-refractivity contribution < 1.29 is 5.11 Å². The molecule has 0 fully saturated rings. The predicted octanol–water partition coefficient (Wildman–Crippen LogP) is 3.37. The summed E-state index contributed by atoms with van der Waals surface area (Å²) in [6.07, 6.45) is 0.910. The van der Waals surface area contributed by atoms with Crippen molar-refractivity contribution in [2.45, 2.75) is 38.0 Å². The van der Waals surface area contributed by atoms with Gasteiger partial charge in [0, 0.05) is 4.90 Å². The molecule has 0 atom stereocenters. The summed E-state index contributed by atoms with van der Waals surface area (Å²) >= 11 is 4.26. The Kier molecular flexibility index (Phi) is 3.26. The quantitative estimate of drug-likeness (QED) is 0.695. The van der Waals surface area contributed by atoms with Gasteiger partial charge in [-0.3, -0.25) is 0 Å². The van der Waals surface area contributed by atoms with E-state index in [0.29, 0.717) is 16.6 Å². The highest BCUT2D eigenvalue weighted by molar-refractivity contribution is 7.80. The highest BCUT2D eigenvalue weighted by Gasteiger charge is 2.07. The van der Waals surface area contributed by atoms with Gasteiger partial charge < -0.3 is 5.11 Å². The lowest BCUT2D eigenvalue weighted by atomic mass is 9.99. The van der Waals surface area contributed by atoms with E-state index < -0.39 is 0 Å². The zero-order valence-electron chi connectivity index (χ0n) is 8.33. The Labute approximate surface area is 85.2 Å². The monoisotopic (exact) mass is 196 g/mol. The van der Waals surface area contributed by atoms with Crippen molar-refractivity contribution in [2.24, 2.45) is 0 Å². The molecule has 0 amide bonds. The van der Waals surface area contributed by atoms with Crippen molar-refractivity contribution in [3.05, 3.63) is 23.3 Å². The number of phenolic OH excluding ortho intramolecular Hbond substituents is 1. The first kappa shape index (κ1) is 10.5. The highest BCUT2D eigenvalue weighted by Crippen LogP contribution is 2.30. The Hall–Kier alpha value is -0.630. The van der Waals surface area contributed by atoms with Crippen LogP contribution in [0, 0.1) is 0 Å². The highest BCUT2D eigenvalue weighted by atomic mass is 32.1. The van der Waals surface area contributed by atoms with Gasteiger partial charge in [0.1, 0.15) is 5.75 Å². The van der Waals surface area contributed by atoms with E-state index in [4.69, 9.17) is 0 Å². The second kappa shape index (κ2) is 4.05. The van der Waals surface area contributed by atoms with Gasteiger partial charge in [-0.25, -0.2) is 0 Å². The lowest BCUT2D eigenvalue weighted by Crippen LogP contribution is -1.92. The number of benzene rings is 1. The molecule has 1 nitrogen and oxygen atoms in total. The summed E-state index contributed by atoms with van der Waals surface area (Å²) < 4.78 is 0. The fourth-order valence-corrected chi connectivity index (χ4v) is 1.59. The topological polar surface area (TPSA) is 20.2 Å². The van der Waals surface area contributed by atoms with Gasteiger partial charge in [-0.2, -0.15) is 0 Å². The summed E-state index contributed by atoms with van der Waals surface area (Å²) in [7, 11) is 0. The Balaban J connectivity index is 3.22. The van der Waals surface area contributed by atoms with Gasteiger partial charge in [-0.15, -0.1) is 12.6 Å². The Morgan fingerprint density at radius 2 is 2.00 bits per heavy atom. The van der Waals surface area contributed by atoms with Crippen molar-refractivity contribution in [1.29, 1.82) is 0 Å². The van der Waals surface area contributed by atoms with Gasteiger partial charge in [-0.05, 0) is 29.5 Å². The second-order valence-electron chi connectivity index (χ2n) is 3.56. The molecule has 0 saturated heterocycles. The molecule has 0 saturated carbocycles. The number of thiol groups is 1. The van der Waals surface area contributed by atoms with Crippen LogP contribution in [0.2, 0.25) is 0 Å². The van der Waals surface area contributed by atoms with Gasteiger partial charge in [0.2, 0.25) is 0 Å². The molecule has 0 radical (unpaired) electrons. The maximum absolute atomic E-state index is 9.58. The molecule has 1 aromatic carbocycles. The average molecular weight is 196 g/mol. The summed E-state index contributed by atoms with van der Waals surface area (Å²) in [6, 6.07) is 3.92. The fourth-order valence-electron chi connectivity index (χ4n) is 1.30. The third-order valence-corrected chi connectivity index (χ3v) is 2.75. The summed E-state index contributed by atoms with van der Waals surface area (Å²) in [5, 5.41) is 9.58. The number of aromatic hydroxyl groups is 1. The van der Waals surface area contributed by atoms with Crippen LogP contribution in [0.15, 0.2) is 17.0 Å². The largest absolute Gasteiger partial charge is 0.507 e. The summed E-state index contributed by atoms with van der Waals surface area (Å²) in [6.45, 7) is 6.30. The van der Waals surface area contributed by atoms with Crippen molar-refractivity contribution >= 4 is 12.6 Å². The Morgan fingerprint density at radius 3 is 2.46 bits per heavy atom. The molecule has 0 aliphatic rings. The lowest BCUT2D eigenvalue weighted by molar-refractivity contribution is 0.460. The second-order valence-corrected chi connectivity index (χ2v) is 4.00. The molecule has 0 heterocycles. The molecule has 0 spiro atoms. The van der Waals surface area contributed by atoms with E-state index in [1.807, 2.05) is 0 Å². The minimum Gasteiger partial charge on any atom is -0.507 e. The molecule has 0 aromatic heterocycles. The van der Waals surface area contributed by atoms with E-state index >= 15 is 0 Å². The third-order valence-electron chi connectivity index (χ3n) is 2.24. The van der Waals surface area contributed by atoms with Crippen LogP contribution in [-0.4, -0.2) is 5.11 Å². The molecule has 1 aromatic rings. The van der Waals surface area contributed by atoms with Crippen molar-refractivity contribution in [3.63, 3.8) is 0 Å². The molecule has 2 heteroatoms. The summed E-state index contributed by atoms with van der Waals surface area (Å²) in [5.74, 6) is 0.747. The van der Waals surface area contributed by atoms with Gasteiger partial charge in [0.15, 0.2) is 0 Å².